The zero-order chi connectivity index (χ0) is 17.8. The molecule has 0 amide bonds. The van der Waals surface area contributed by atoms with Gasteiger partial charge < -0.3 is 43.8 Å². The van der Waals surface area contributed by atoms with Gasteiger partial charge in [0.2, 0.25) is 12.3 Å². The van der Waals surface area contributed by atoms with Crippen LogP contribution in [-0.4, -0.2) is 21.0 Å². The lowest BCUT2D eigenvalue weighted by atomic mass is 10.0. The standard InChI is InChI=1S/C21H18NO4.2ClH/c1-22-10-13-7-17(23-2)18(24-3)8-15(13)14-5-4-12-6-19-20(26-11-25-19)9-16(12)21(14)22;;/h4-10H,11H2,1-3H3;2*1H/q+1;;/p-2. The highest BCUT2D eigenvalue weighted by Crippen LogP contribution is 2.40. The maximum absolute atomic E-state index is 5.58. The SMILES string of the molecule is COc1cc2c[n+](C)c3c4cc5c(cc4ccc3c2cc1OC)OCO5.[Cl-].[Cl-]. The van der Waals surface area contributed by atoms with E-state index in [2.05, 4.69) is 36.0 Å². The van der Waals surface area contributed by atoms with Crippen LogP contribution in [0.5, 0.6) is 23.0 Å². The predicted octanol–water partition coefficient (Wildman–Crippen LogP) is -2.28. The van der Waals surface area contributed by atoms with Crippen LogP contribution in [0.2, 0.25) is 0 Å². The van der Waals surface area contributed by atoms with Crippen molar-refractivity contribution in [2.24, 2.45) is 7.05 Å². The van der Waals surface area contributed by atoms with E-state index < -0.39 is 0 Å². The third-order valence-electron chi connectivity index (χ3n) is 5.02. The van der Waals surface area contributed by atoms with Gasteiger partial charge in [0.25, 0.3) is 0 Å². The van der Waals surface area contributed by atoms with E-state index in [0.717, 1.165) is 55.4 Å². The van der Waals surface area contributed by atoms with Crippen LogP contribution >= 0.6 is 0 Å². The molecule has 2 heterocycles. The van der Waals surface area contributed by atoms with E-state index in [4.69, 9.17) is 18.9 Å². The minimum atomic E-state index is 0. The van der Waals surface area contributed by atoms with E-state index in [0.29, 0.717) is 0 Å². The lowest BCUT2D eigenvalue weighted by Gasteiger charge is -2.11. The Hall–Kier alpha value is -2.63. The monoisotopic (exact) mass is 418 g/mol. The maximum atomic E-state index is 5.58. The second-order valence-electron chi connectivity index (χ2n) is 6.42. The van der Waals surface area contributed by atoms with Crippen LogP contribution in [0, 0.1) is 0 Å². The number of halogens is 2. The smallest absolute Gasteiger partial charge is 0.231 e. The number of hydrogen-bond donors (Lipinski definition) is 0. The van der Waals surface area contributed by atoms with E-state index >= 15 is 0 Å². The fraction of sp³-hybridized carbons (Fsp3) is 0.190. The Bertz CT molecular complexity index is 1210. The first-order chi connectivity index (χ1) is 12.7. The molecule has 146 valence electrons. The van der Waals surface area contributed by atoms with Gasteiger partial charge in [-0.15, -0.1) is 0 Å². The van der Waals surface area contributed by atoms with Crippen molar-refractivity contribution >= 4 is 32.4 Å². The summed E-state index contributed by atoms with van der Waals surface area (Å²) in [4.78, 5) is 0. The predicted molar refractivity (Wildman–Crippen MR) is 99.4 cm³/mol. The molecule has 3 aromatic carbocycles. The molecule has 7 heteroatoms. The Kier molecular flexibility index (Phi) is 5.33. The third kappa shape index (κ3) is 2.82. The number of aromatic nitrogens is 1. The summed E-state index contributed by atoms with van der Waals surface area (Å²) in [6.07, 6.45) is 2.11. The Morgan fingerprint density at radius 3 is 2.18 bits per heavy atom. The van der Waals surface area contributed by atoms with Crippen molar-refractivity contribution in [2.75, 3.05) is 21.0 Å². The molecule has 0 aliphatic carbocycles. The summed E-state index contributed by atoms with van der Waals surface area (Å²) in [5.74, 6) is 3.04. The van der Waals surface area contributed by atoms with E-state index in [1.54, 1.807) is 14.2 Å². The summed E-state index contributed by atoms with van der Waals surface area (Å²) in [6.45, 7) is 0.273. The van der Waals surface area contributed by atoms with Crippen molar-refractivity contribution < 1.29 is 48.3 Å². The van der Waals surface area contributed by atoms with E-state index in [1.807, 2.05) is 18.2 Å². The average molecular weight is 419 g/mol. The molecule has 0 unspecified atom stereocenters. The Balaban J connectivity index is 0.00000112. The largest absolute Gasteiger partial charge is 1.00 e. The van der Waals surface area contributed by atoms with Crippen LogP contribution in [0.15, 0.2) is 42.6 Å². The minimum Gasteiger partial charge on any atom is -1.00 e. The average Bonchev–Trinajstić information content (AvgIpc) is 3.12. The number of ether oxygens (including phenoxy) is 4. The van der Waals surface area contributed by atoms with Gasteiger partial charge in [0, 0.05) is 5.39 Å². The molecule has 0 bridgehead atoms. The van der Waals surface area contributed by atoms with Crippen LogP contribution in [0.3, 0.4) is 0 Å². The van der Waals surface area contributed by atoms with Crippen molar-refractivity contribution in [3.8, 4) is 23.0 Å². The first-order valence-electron chi connectivity index (χ1n) is 8.40. The Labute approximate surface area is 174 Å². The molecular weight excluding hydrogens is 401 g/mol. The van der Waals surface area contributed by atoms with Gasteiger partial charge in [-0.2, -0.15) is 4.57 Å². The topological polar surface area (TPSA) is 40.8 Å². The van der Waals surface area contributed by atoms with Crippen molar-refractivity contribution in [2.45, 2.75) is 0 Å². The first kappa shape index (κ1) is 20.1. The molecule has 0 N–H and O–H groups in total. The number of fused-ring (bicyclic) bond motifs is 6. The van der Waals surface area contributed by atoms with Crippen molar-refractivity contribution in [3.05, 3.63) is 42.6 Å². The number of pyridine rings is 1. The number of methoxy groups -OCH3 is 2. The summed E-state index contributed by atoms with van der Waals surface area (Å²) in [5.41, 5.74) is 1.14. The summed E-state index contributed by atoms with van der Waals surface area (Å²) in [6, 6.07) is 12.4. The molecule has 1 aromatic heterocycles. The normalized spacial score (nSPS) is 12.0. The maximum Gasteiger partial charge on any atom is 0.231 e. The highest BCUT2D eigenvalue weighted by Gasteiger charge is 2.20. The molecule has 4 aromatic rings. The number of benzene rings is 3. The number of hydrogen-bond acceptors (Lipinski definition) is 4. The van der Waals surface area contributed by atoms with Crippen LogP contribution < -0.4 is 48.3 Å². The lowest BCUT2D eigenvalue weighted by molar-refractivity contribution is -0.642. The molecule has 0 spiro atoms. The molecular formula is C21H18Cl2NO4-. The number of aryl methyl sites for hydroxylation is 1. The van der Waals surface area contributed by atoms with Gasteiger partial charge >= 0.3 is 0 Å². The molecule has 0 fully saturated rings. The summed E-state index contributed by atoms with van der Waals surface area (Å²) in [7, 11) is 5.37. The van der Waals surface area contributed by atoms with E-state index in [-0.39, 0.29) is 31.6 Å². The lowest BCUT2D eigenvalue weighted by Crippen LogP contribution is -3.00. The molecule has 0 saturated carbocycles. The second-order valence-corrected chi connectivity index (χ2v) is 6.42. The quantitative estimate of drug-likeness (QED) is 0.272. The van der Waals surface area contributed by atoms with Crippen LogP contribution in [0.25, 0.3) is 32.4 Å². The fourth-order valence-corrected chi connectivity index (χ4v) is 3.80. The van der Waals surface area contributed by atoms with E-state index in [1.165, 1.54) is 0 Å². The van der Waals surface area contributed by atoms with Crippen molar-refractivity contribution in [1.29, 1.82) is 0 Å². The van der Waals surface area contributed by atoms with E-state index in [9.17, 15) is 0 Å². The summed E-state index contributed by atoms with van der Waals surface area (Å²) >= 11 is 0. The zero-order valence-corrected chi connectivity index (χ0v) is 17.1. The summed E-state index contributed by atoms with van der Waals surface area (Å²) in [5, 5.41) is 5.62. The second kappa shape index (κ2) is 7.41. The number of nitrogens with zero attached hydrogens (tertiary/aromatic N) is 1. The zero-order valence-electron chi connectivity index (χ0n) is 15.6. The highest BCUT2D eigenvalue weighted by molar-refractivity contribution is 6.14. The first-order valence-corrected chi connectivity index (χ1v) is 8.40. The Morgan fingerprint density at radius 2 is 1.46 bits per heavy atom. The van der Waals surface area contributed by atoms with Crippen LogP contribution in [0.4, 0.5) is 0 Å². The summed E-state index contributed by atoms with van der Waals surface area (Å²) < 4.78 is 24.2. The molecule has 0 radical (unpaired) electrons. The minimum absolute atomic E-state index is 0. The van der Waals surface area contributed by atoms with Gasteiger partial charge in [-0.05, 0) is 35.7 Å². The molecule has 1 aliphatic heterocycles. The van der Waals surface area contributed by atoms with Gasteiger partial charge in [0.05, 0.1) is 30.4 Å². The Morgan fingerprint density at radius 1 is 0.786 bits per heavy atom. The fourth-order valence-electron chi connectivity index (χ4n) is 3.80. The van der Waals surface area contributed by atoms with Crippen LogP contribution in [-0.2, 0) is 7.05 Å². The number of rotatable bonds is 2. The molecule has 28 heavy (non-hydrogen) atoms. The van der Waals surface area contributed by atoms with Crippen molar-refractivity contribution in [1.82, 2.24) is 0 Å². The molecule has 1 aliphatic rings. The van der Waals surface area contributed by atoms with Gasteiger partial charge in [0.15, 0.2) is 29.2 Å². The van der Waals surface area contributed by atoms with Crippen molar-refractivity contribution in [3.63, 3.8) is 0 Å². The highest BCUT2D eigenvalue weighted by atomic mass is 35.5. The van der Waals surface area contributed by atoms with Gasteiger partial charge in [0.1, 0.15) is 7.05 Å². The van der Waals surface area contributed by atoms with Gasteiger partial charge in [-0.3, -0.25) is 0 Å². The molecule has 0 atom stereocenters. The molecule has 0 saturated heterocycles. The third-order valence-corrected chi connectivity index (χ3v) is 5.02. The molecule has 5 rings (SSSR count). The molecule has 5 nitrogen and oxygen atoms in total. The van der Waals surface area contributed by atoms with Gasteiger partial charge in [-0.25, -0.2) is 0 Å². The van der Waals surface area contributed by atoms with Gasteiger partial charge in [-0.1, -0.05) is 6.07 Å². The van der Waals surface area contributed by atoms with Crippen LogP contribution in [0.1, 0.15) is 0 Å².